The lowest BCUT2D eigenvalue weighted by atomic mass is 9.86. The zero-order valence-corrected chi connectivity index (χ0v) is 10.2. The lowest BCUT2D eigenvalue weighted by Crippen LogP contribution is -2.44. The van der Waals surface area contributed by atoms with Crippen LogP contribution < -0.4 is 5.32 Å². The number of amides is 1. The fraction of sp³-hybridized carbons (Fsp3) is 0.833. The maximum Gasteiger partial charge on any atom is 0.407 e. The molecule has 0 heterocycles. The van der Waals surface area contributed by atoms with Gasteiger partial charge in [-0.05, 0) is 33.6 Å². The Kier molecular flexibility index (Phi) is 4.33. The minimum absolute atomic E-state index is 0.110. The monoisotopic (exact) mass is 226 g/mol. The molecule has 0 saturated heterocycles. The fourth-order valence-electron chi connectivity index (χ4n) is 1.90. The molecular weight excluding hydrogens is 206 g/mol. The number of rotatable bonds is 2. The number of carbonyl (C=O) groups excluding carboxylic acids is 2. The molecule has 0 bridgehead atoms. The van der Waals surface area contributed by atoms with E-state index in [-0.39, 0.29) is 12.0 Å². The number of hydrogen-bond acceptors (Lipinski definition) is 3. The van der Waals surface area contributed by atoms with Crippen LogP contribution in [0, 0.1) is 5.92 Å². The summed E-state index contributed by atoms with van der Waals surface area (Å²) in [7, 11) is 0. The predicted octanol–water partition coefficient (Wildman–Crippen LogP) is 2.18. The molecule has 1 rings (SSSR count). The molecule has 0 aromatic heterocycles. The second kappa shape index (κ2) is 5.32. The Labute approximate surface area is 96.7 Å². The molecule has 0 aromatic rings. The van der Waals surface area contributed by atoms with E-state index in [4.69, 9.17) is 4.74 Å². The van der Waals surface area contributed by atoms with Crippen LogP contribution in [-0.4, -0.2) is 24.0 Å². The first-order valence-electron chi connectivity index (χ1n) is 5.79. The first-order chi connectivity index (χ1) is 7.42. The summed E-state index contributed by atoms with van der Waals surface area (Å²) in [5.41, 5.74) is -0.501. The Bertz CT molecular complexity index is 257. The molecule has 1 aliphatic carbocycles. The molecule has 2 atom stereocenters. The molecule has 16 heavy (non-hydrogen) atoms. The summed E-state index contributed by atoms with van der Waals surface area (Å²) in [5.74, 6) is -0.179. The van der Waals surface area contributed by atoms with Crippen LogP contribution in [0.4, 0.5) is 4.79 Å². The second-order valence-corrected chi connectivity index (χ2v) is 5.26. The summed E-state index contributed by atoms with van der Waals surface area (Å²) >= 11 is 0. The summed E-state index contributed by atoms with van der Waals surface area (Å²) < 4.78 is 5.15. The highest BCUT2D eigenvalue weighted by Gasteiger charge is 2.28. The van der Waals surface area contributed by atoms with Gasteiger partial charge in [0.1, 0.15) is 5.60 Å². The Morgan fingerprint density at radius 3 is 2.50 bits per heavy atom. The van der Waals surface area contributed by atoms with Crippen molar-refractivity contribution in [1.29, 1.82) is 0 Å². The van der Waals surface area contributed by atoms with Crippen LogP contribution in [0.25, 0.3) is 0 Å². The fourth-order valence-corrected chi connectivity index (χ4v) is 1.90. The van der Waals surface area contributed by atoms with Crippen molar-refractivity contribution in [2.45, 2.75) is 58.1 Å². The van der Waals surface area contributed by atoms with Crippen LogP contribution >= 0.6 is 0 Å². The Hall–Kier alpha value is -1.06. The molecule has 1 saturated carbocycles. The van der Waals surface area contributed by atoms with Gasteiger partial charge in [-0.15, -0.1) is 0 Å². The van der Waals surface area contributed by atoms with E-state index in [9.17, 15) is 9.59 Å². The van der Waals surface area contributed by atoms with Gasteiger partial charge in [-0.2, -0.15) is 0 Å². The van der Waals surface area contributed by atoms with Crippen LogP contribution in [0.3, 0.4) is 0 Å². The lowest BCUT2D eigenvalue weighted by Gasteiger charge is -2.29. The summed E-state index contributed by atoms with van der Waals surface area (Å²) in [5, 5.41) is 2.75. The molecule has 2 unspecified atom stereocenters. The van der Waals surface area contributed by atoms with Gasteiger partial charge < -0.3 is 10.1 Å². The number of hydrogen-bond donors (Lipinski definition) is 1. The zero-order chi connectivity index (χ0) is 12.2. The van der Waals surface area contributed by atoms with Crippen molar-refractivity contribution in [3.63, 3.8) is 0 Å². The molecule has 0 aromatic carbocycles. The number of carbonyl (C=O) groups is 1. The normalized spacial score (nSPS) is 25.9. The molecule has 1 amide bonds. The molecule has 1 radical (unpaired) electrons. The van der Waals surface area contributed by atoms with E-state index >= 15 is 0 Å². The van der Waals surface area contributed by atoms with Gasteiger partial charge in [-0.25, -0.2) is 4.79 Å². The molecule has 1 N–H and O–H groups in total. The second-order valence-electron chi connectivity index (χ2n) is 5.26. The average molecular weight is 226 g/mol. The Morgan fingerprint density at radius 2 is 1.94 bits per heavy atom. The third kappa shape index (κ3) is 4.21. The summed E-state index contributed by atoms with van der Waals surface area (Å²) in [6.45, 7) is 5.45. The van der Waals surface area contributed by atoms with E-state index in [1.54, 1.807) is 0 Å². The molecule has 0 spiro atoms. The molecule has 4 nitrogen and oxygen atoms in total. The highest BCUT2D eigenvalue weighted by Crippen LogP contribution is 2.23. The van der Waals surface area contributed by atoms with E-state index in [2.05, 4.69) is 5.32 Å². The standard InChI is InChI=1S/C12H20NO3/c1-12(2,3)16-11(15)13-10-7-5-4-6-9(10)8-14/h9-10H,4-7H2,1-3H3,(H,13,15). The zero-order valence-electron chi connectivity index (χ0n) is 10.2. The summed E-state index contributed by atoms with van der Waals surface area (Å²) in [4.78, 5) is 22.2. The van der Waals surface area contributed by atoms with E-state index in [1.807, 2.05) is 27.1 Å². The largest absolute Gasteiger partial charge is 0.444 e. The van der Waals surface area contributed by atoms with E-state index in [0.29, 0.717) is 0 Å². The molecule has 1 aliphatic rings. The highest BCUT2D eigenvalue weighted by atomic mass is 16.6. The molecule has 1 fully saturated rings. The first kappa shape index (κ1) is 13.0. The molecule has 91 valence electrons. The maximum atomic E-state index is 11.5. The van der Waals surface area contributed by atoms with Gasteiger partial charge in [0, 0.05) is 12.0 Å². The minimum atomic E-state index is -0.501. The van der Waals surface area contributed by atoms with Crippen LogP contribution in [0.15, 0.2) is 0 Å². The van der Waals surface area contributed by atoms with Gasteiger partial charge in [0.25, 0.3) is 0 Å². The third-order valence-corrected chi connectivity index (χ3v) is 2.62. The molecular formula is C12H20NO3. The van der Waals surface area contributed by atoms with E-state index in [0.717, 1.165) is 25.7 Å². The van der Waals surface area contributed by atoms with Gasteiger partial charge in [0.15, 0.2) is 0 Å². The SMILES string of the molecule is CC(C)(C)OC(=O)NC1CCCCC1[C]=O. The van der Waals surface area contributed by atoms with Gasteiger partial charge >= 0.3 is 6.09 Å². The topological polar surface area (TPSA) is 55.4 Å². The smallest absolute Gasteiger partial charge is 0.407 e. The van der Waals surface area contributed by atoms with Crippen molar-refractivity contribution in [2.75, 3.05) is 0 Å². The van der Waals surface area contributed by atoms with Gasteiger partial charge in [0.2, 0.25) is 6.29 Å². The number of ether oxygens (including phenoxy) is 1. The molecule has 4 heteroatoms. The van der Waals surface area contributed by atoms with Crippen molar-refractivity contribution in [3.8, 4) is 0 Å². The van der Waals surface area contributed by atoms with Gasteiger partial charge in [-0.3, -0.25) is 4.79 Å². The Morgan fingerprint density at radius 1 is 1.31 bits per heavy atom. The first-order valence-corrected chi connectivity index (χ1v) is 5.79. The van der Waals surface area contributed by atoms with Crippen molar-refractivity contribution in [2.24, 2.45) is 5.92 Å². The maximum absolute atomic E-state index is 11.5. The highest BCUT2D eigenvalue weighted by molar-refractivity contribution is 5.69. The summed E-state index contributed by atoms with van der Waals surface area (Å²) in [6, 6.07) is -0.110. The summed E-state index contributed by atoms with van der Waals surface area (Å²) in [6.07, 6.45) is 5.27. The predicted molar refractivity (Wildman–Crippen MR) is 60.8 cm³/mol. The van der Waals surface area contributed by atoms with Crippen molar-refractivity contribution >= 4 is 12.4 Å². The van der Waals surface area contributed by atoms with Crippen LogP contribution in [0.5, 0.6) is 0 Å². The van der Waals surface area contributed by atoms with Crippen LogP contribution in [-0.2, 0) is 9.53 Å². The van der Waals surface area contributed by atoms with Crippen molar-refractivity contribution < 1.29 is 14.3 Å². The van der Waals surface area contributed by atoms with Crippen LogP contribution in [0.1, 0.15) is 46.5 Å². The van der Waals surface area contributed by atoms with E-state index in [1.165, 1.54) is 0 Å². The molecule has 0 aliphatic heterocycles. The quantitative estimate of drug-likeness (QED) is 0.785. The lowest BCUT2D eigenvalue weighted by molar-refractivity contribution is 0.0483. The number of alkyl carbamates (subject to hydrolysis) is 1. The average Bonchev–Trinajstić information content (AvgIpc) is 2.15. The van der Waals surface area contributed by atoms with Gasteiger partial charge in [0.05, 0.1) is 0 Å². The number of nitrogens with one attached hydrogen (secondary N) is 1. The van der Waals surface area contributed by atoms with Crippen LogP contribution in [0.2, 0.25) is 0 Å². The van der Waals surface area contributed by atoms with Crippen molar-refractivity contribution in [1.82, 2.24) is 5.32 Å². The third-order valence-electron chi connectivity index (χ3n) is 2.62. The van der Waals surface area contributed by atoms with Crippen molar-refractivity contribution in [3.05, 3.63) is 0 Å². The Balaban J connectivity index is 2.45. The van der Waals surface area contributed by atoms with E-state index < -0.39 is 11.7 Å². The van der Waals surface area contributed by atoms with Gasteiger partial charge in [-0.1, -0.05) is 12.8 Å². The minimum Gasteiger partial charge on any atom is -0.444 e.